The molecule has 0 unspecified atom stereocenters. The first-order valence-corrected chi connectivity index (χ1v) is 5.95. The second kappa shape index (κ2) is 4.80. The molecular weight excluding hydrogens is 228 g/mol. The summed E-state index contributed by atoms with van der Waals surface area (Å²) in [7, 11) is 1.63. The molecule has 0 atom stereocenters. The summed E-state index contributed by atoms with van der Waals surface area (Å²) in [6.45, 7) is 6.43. The minimum absolute atomic E-state index is 0.141. The van der Waals surface area contributed by atoms with E-state index in [0.29, 0.717) is 5.89 Å². The molecule has 0 spiro atoms. The summed E-state index contributed by atoms with van der Waals surface area (Å²) >= 11 is 0. The van der Waals surface area contributed by atoms with Gasteiger partial charge in [0.2, 0.25) is 0 Å². The summed E-state index contributed by atoms with van der Waals surface area (Å²) in [5, 5.41) is 4.01. The van der Waals surface area contributed by atoms with Crippen molar-refractivity contribution in [1.29, 1.82) is 0 Å². The average Bonchev–Trinajstić information content (AvgIpc) is 2.75. The Kier molecular flexibility index (Phi) is 3.36. The van der Waals surface area contributed by atoms with Crippen molar-refractivity contribution >= 4 is 0 Å². The number of aromatic nitrogens is 2. The molecule has 0 amide bonds. The maximum atomic E-state index is 5.30. The second-order valence-electron chi connectivity index (χ2n) is 5.45. The summed E-state index contributed by atoms with van der Waals surface area (Å²) < 4.78 is 10.6. The van der Waals surface area contributed by atoms with Crippen molar-refractivity contribution in [1.82, 2.24) is 10.1 Å². The first-order chi connectivity index (χ1) is 8.49. The molecule has 0 aliphatic heterocycles. The van der Waals surface area contributed by atoms with Crippen LogP contribution in [0.4, 0.5) is 0 Å². The van der Waals surface area contributed by atoms with E-state index in [-0.39, 0.29) is 5.41 Å². The van der Waals surface area contributed by atoms with Gasteiger partial charge in [-0.3, -0.25) is 0 Å². The van der Waals surface area contributed by atoms with E-state index in [9.17, 15) is 0 Å². The summed E-state index contributed by atoms with van der Waals surface area (Å²) in [4.78, 5) is 4.42. The predicted octanol–water partition coefficient (Wildman–Crippen LogP) is 3.33. The van der Waals surface area contributed by atoms with E-state index < -0.39 is 0 Å². The lowest BCUT2D eigenvalue weighted by atomic mass is 9.92. The molecule has 2 aromatic rings. The Hall–Kier alpha value is -1.84. The van der Waals surface area contributed by atoms with Crippen molar-refractivity contribution in [3.63, 3.8) is 0 Å². The van der Waals surface area contributed by atoms with Crippen LogP contribution in [0.15, 0.2) is 28.8 Å². The van der Waals surface area contributed by atoms with Gasteiger partial charge in [0.05, 0.1) is 12.7 Å². The summed E-state index contributed by atoms with van der Waals surface area (Å²) in [5.41, 5.74) is 0.967. The zero-order valence-electron chi connectivity index (χ0n) is 11.2. The highest BCUT2D eigenvalue weighted by Crippen LogP contribution is 2.29. The summed E-state index contributed by atoms with van der Waals surface area (Å²) in [6.07, 6.45) is 0.783. The average molecular weight is 246 g/mol. The van der Waals surface area contributed by atoms with Gasteiger partial charge in [0.15, 0.2) is 5.82 Å². The molecule has 4 nitrogen and oxygen atoms in total. The molecule has 0 bridgehead atoms. The molecule has 4 heteroatoms. The first kappa shape index (κ1) is 12.6. The molecule has 1 aromatic heterocycles. The smallest absolute Gasteiger partial charge is 0.261 e. The Morgan fingerprint density at radius 3 is 2.61 bits per heavy atom. The summed E-state index contributed by atoms with van der Waals surface area (Å²) in [5.74, 6) is 1.97. The van der Waals surface area contributed by atoms with Gasteiger partial charge in [0.1, 0.15) is 5.75 Å². The standard InChI is InChI=1S/C14H18N2O2/c1-14(2,3)9-12-15-13(18-16-12)10-7-5-6-8-11(10)17-4/h5-8H,9H2,1-4H3. The van der Waals surface area contributed by atoms with Crippen LogP contribution in [0.5, 0.6) is 5.75 Å². The van der Waals surface area contributed by atoms with Gasteiger partial charge in [0, 0.05) is 6.42 Å². The zero-order valence-corrected chi connectivity index (χ0v) is 11.2. The van der Waals surface area contributed by atoms with Crippen molar-refractivity contribution in [3.8, 4) is 17.2 Å². The largest absolute Gasteiger partial charge is 0.496 e. The molecule has 0 fully saturated rings. The van der Waals surface area contributed by atoms with Gasteiger partial charge >= 0.3 is 0 Å². The van der Waals surface area contributed by atoms with E-state index in [4.69, 9.17) is 9.26 Å². The van der Waals surface area contributed by atoms with E-state index >= 15 is 0 Å². The minimum atomic E-state index is 0.141. The highest BCUT2D eigenvalue weighted by atomic mass is 16.5. The van der Waals surface area contributed by atoms with Gasteiger partial charge < -0.3 is 9.26 Å². The Morgan fingerprint density at radius 1 is 1.22 bits per heavy atom. The normalized spacial score (nSPS) is 11.6. The quantitative estimate of drug-likeness (QED) is 0.833. The lowest BCUT2D eigenvalue weighted by Gasteiger charge is -2.14. The van der Waals surface area contributed by atoms with Crippen molar-refractivity contribution in [2.24, 2.45) is 5.41 Å². The molecule has 0 saturated heterocycles. The third-order valence-electron chi connectivity index (χ3n) is 2.49. The number of benzene rings is 1. The predicted molar refractivity (Wildman–Crippen MR) is 69.4 cm³/mol. The van der Waals surface area contributed by atoms with Crippen molar-refractivity contribution in [2.45, 2.75) is 27.2 Å². The van der Waals surface area contributed by atoms with Crippen LogP contribution in [-0.4, -0.2) is 17.3 Å². The third-order valence-corrected chi connectivity index (χ3v) is 2.49. The van der Waals surface area contributed by atoms with Crippen LogP contribution in [0.2, 0.25) is 0 Å². The van der Waals surface area contributed by atoms with E-state index in [2.05, 4.69) is 30.9 Å². The summed E-state index contributed by atoms with van der Waals surface area (Å²) in [6, 6.07) is 7.62. The van der Waals surface area contributed by atoms with Crippen molar-refractivity contribution in [2.75, 3.05) is 7.11 Å². The number of ether oxygens (including phenoxy) is 1. The Labute approximate surface area is 107 Å². The van der Waals surface area contributed by atoms with Crippen LogP contribution in [0.25, 0.3) is 11.5 Å². The second-order valence-corrected chi connectivity index (χ2v) is 5.45. The fraction of sp³-hybridized carbons (Fsp3) is 0.429. The highest BCUT2D eigenvalue weighted by molar-refractivity contribution is 5.62. The maximum Gasteiger partial charge on any atom is 0.261 e. The number of hydrogen-bond donors (Lipinski definition) is 0. The lowest BCUT2D eigenvalue weighted by Crippen LogP contribution is -2.10. The van der Waals surface area contributed by atoms with Gasteiger partial charge in [-0.25, -0.2) is 0 Å². The van der Waals surface area contributed by atoms with Crippen LogP contribution >= 0.6 is 0 Å². The molecule has 0 aliphatic carbocycles. The highest BCUT2D eigenvalue weighted by Gasteiger charge is 2.18. The van der Waals surface area contributed by atoms with E-state index in [1.807, 2.05) is 24.3 Å². The van der Waals surface area contributed by atoms with Crippen molar-refractivity contribution in [3.05, 3.63) is 30.1 Å². The van der Waals surface area contributed by atoms with Crippen LogP contribution in [0, 0.1) is 5.41 Å². The number of methoxy groups -OCH3 is 1. The first-order valence-electron chi connectivity index (χ1n) is 5.95. The maximum absolute atomic E-state index is 5.30. The molecular formula is C14H18N2O2. The lowest BCUT2D eigenvalue weighted by molar-refractivity contribution is 0.373. The van der Waals surface area contributed by atoms with Crippen molar-refractivity contribution < 1.29 is 9.26 Å². The number of hydrogen-bond acceptors (Lipinski definition) is 4. The molecule has 2 rings (SSSR count). The number of rotatable bonds is 3. The van der Waals surface area contributed by atoms with Gasteiger partial charge in [-0.1, -0.05) is 38.1 Å². The minimum Gasteiger partial charge on any atom is -0.496 e. The molecule has 0 saturated carbocycles. The molecule has 0 aliphatic rings. The van der Waals surface area contributed by atoms with Crippen LogP contribution in [0.1, 0.15) is 26.6 Å². The Bertz CT molecular complexity index is 527. The van der Waals surface area contributed by atoms with E-state index in [1.54, 1.807) is 7.11 Å². The topological polar surface area (TPSA) is 48.2 Å². The molecule has 96 valence electrons. The molecule has 1 aromatic carbocycles. The third kappa shape index (κ3) is 2.88. The van der Waals surface area contributed by atoms with Gasteiger partial charge in [-0.15, -0.1) is 0 Å². The fourth-order valence-electron chi connectivity index (χ4n) is 1.73. The number of para-hydroxylation sites is 1. The molecule has 0 N–H and O–H groups in total. The SMILES string of the molecule is COc1ccccc1-c1nc(CC(C)(C)C)no1. The monoisotopic (exact) mass is 246 g/mol. The van der Waals surface area contributed by atoms with E-state index in [0.717, 1.165) is 23.6 Å². The van der Waals surface area contributed by atoms with Gasteiger partial charge in [-0.2, -0.15) is 4.98 Å². The number of nitrogens with zero attached hydrogens (tertiary/aromatic N) is 2. The van der Waals surface area contributed by atoms with E-state index in [1.165, 1.54) is 0 Å². The molecule has 18 heavy (non-hydrogen) atoms. The fourth-order valence-corrected chi connectivity index (χ4v) is 1.73. The Balaban J connectivity index is 2.29. The Morgan fingerprint density at radius 2 is 1.94 bits per heavy atom. The van der Waals surface area contributed by atoms with Crippen LogP contribution in [-0.2, 0) is 6.42 Å². The van der Waals surface area contributed by atoms with Crippen LogP contribution < -0.4 is 4.74 Å². The van der Waals surface area contributed by atoms with Gasteiger partial charge in [-0.05, 0) is 17.5 Å². The zero-order chi connectivity index (χ0) is 13.2. The van der Waals surface area contributed by atoms with Crippen LogP contribution in [0.3, 0.4) is 0 Å². The van der Waals surface area contributed by atoms with Gasteiger partial charge in [0.25, 0.3) is 5.89 Å². The molecule has 0 radical (unpaired) electrons. The molecule has 1 heterocycles.